The van der Waals surface area contributed by atoms with E-state index >= 15 is 0 Å². The van der Waals surface area contributed by atoms with E-state index in [1.54, 1.807) is 6.07 Å². The van der Waals surface area contributed by atoms with E-state index in [0.717, 1.165) is 0 Å². The molecule has 19 heavy (non-hydrogen) atoms. The largest absolute Gasteiger partial charge is 0.493 e. The van der Waals surface area contributed by atoms with Gasteiger partial charge in [0.15, 0.2) is 11.5 Å². The lowest BCUT2D eigenvalue weighted by Gasteiger charge is -2.14. The first-order chi connectivity index (χ1) is 9.03. The number of aryl methyl sites for hydroxylation is 1. The summed E-state index contributed by atoms with van der Waals surface area (Å²) < 4.78 is 15.0. The van der Waals surface area contributed by atoms with Crippen LogP contribution in [0.1, 0.15) is 22.3 Å². The summed E-state index contributed by atoms with van der Waals surface area (Å²) in [5, 5.41) is 8.73. The summed E-state index contributed by atoms with van der Waals surface area (Å²) in [6, 6.07) is 3.05. The molecule has 1 N–H and O–H groups in total. The topological polar surface area (TPSA) is 82.1 Å². The van der Waals surface area contributed by atoms with E-state index in [4.69, 9.17) is 14.6 Å². The molecule has 0 aliphatic rings. The number of carbonyl (C=O) groups excluding carboxylic acids is 1. The van der Waals surface area contributed by atoms with Crippen LogP contribution in [0.5, 0.6) is 11.5 Å². The van der Waals surface area contributed by atoms with Crippen molar-refractivity contribution in [1.29, 1.82) is 0 Å². The Hall–Kier alpha value is -2.24. The van der Waals surface area contributed by atoms with Crippen LogP contribution in [0.2, 0.25) is 0 Å². The Kier molecular flexibility index (Phi) is 5.17. The van der Waals surface area contributed by atoms with Crippen molar-refractivity contribution in [2.24, 2.45) is 0 Å². The van der Waals surface area contributed by atoms with Gasteiger partial charge in [0.1, 0.15) is 0 Å². The van der Waals surface area contributed by atoms with Crippen LogP contribution in [0.3, 0.4) is 0 Å². The minimum absolute atomic E-state index is 0.0653. The first-order valence-corrected chi connectivity index (χ1v) is 5.58. The summed E-state index contributed by atoms with van der Waals surface area (Å²) in [6.07, 6.45) is 0.170. The Morgan fingerprint density at radius 3 is 2.32 bits per heavy atom. The molecular weight excluding hydrogens is 252 g/mol. The standard InChI is InChI=1S/C13H16O6/c1-17-10-7-9(13(16)19-3)6-8(12(10)18-2)4-5-11(14)15/h6-7H,4-5H2,1-3H3,(H,14,15). The van der Waals surface area contributed by atoms with Crippen LogP contribution >= 0.6 is 0 Å². The minimum Gasteiger partial charge on any atom is -0.493 e. The monoisotopic (exact) mass is 268 g/mol. The summed E-state index contributed by atoms with van der Waals surface area (Å²) in [5.74, 6) is -0.649. The molecule has 0 amide bonds. The molecule has 0 bridgehead atoms. The Labute approximate surface area is 110 Å². The smallest absolute Gasteiger partial charge is 0.337 e. The number of aliphatic carboxylic acids is 1. The van der Waals surface area contributed by atoms with Crippen LogP contribution in [-0.2, 0) is 16.0 Å². The van der Waals surface area contributed by atoms with Crippen LogP contribution in [0.4, 0.5) is 0 Å². The average molecular weight is 268 g/mol. The quantitative estimate of drug-likeness (QED) is 0.787. The van der Waals surface area contributed by atoms with E-state index in [-0.39, 0.29) is 12.8 Å². The molecule has 0 aliphatic carbocycles. The molecule has 0 aromatic heterocycles. The van der Waals surface area contributed by atoms with Gasteiger partial charge in [-0.05, 0) is 24.1 Å². The summed E-state index contributed by atoms with van der Waals surface area (Å²) in [5.41, 5.74) is 0.880. The number of hydrogen-bond acceptors (Lipinski definition) is 5. The van der Waals surface area contributed by atoms with E-state index in [2.05, 4.69) is 4.74 Å². The van der Waals surface area contributed by atoms with E-state index in [0.29, 0.717) is 22.6 Å². The third-order valence-electron chi connectivity index (χ3n) is 2.59. The third-order valence-corrected chi connectivity index (χ3v) is 2.59. The molecule has 0 saturated carbocycles. The molecule has 0 fully saturated rings. The summed E-state index contributed by atoms with van der Waals surface area (Å²) in [6.45, 7) is 0. The first kappa shape index (κ1) is 14.8. The lowest BCUT2D eigenvalue weighted by Crippen LogP contribution is -2.06. The van der Waals surface area contributed by atoms with Gasteiger partial charge in [-0.1, -0.05) is 0 Å². The predicted molar refractivity (Wildman–Crippen MR) is 66.8 cm³/mol. The van der Waals surface area contributed by atoms with Crippen molar-refractivity contribution < 1.29 is 28.9 Å². The van der Waals surface area contributed by atoms with Crippen LogP contribution in [0.25, 0.3) is 0 Å². The second kappa shape index (κ2) is 6.63. The number of carbonyl (C=O) groups is 2. The normalized spacial score (nSPS) is 9.84. The lowest BCUT2D eigenvalue weighted by molar-refractivity contribution is -0.136. The molecule has 0 heterocycles. The maximum Gasteiger partial charge on any atom is 0.337 e. The fraction of sp³-hybridized carbons (Fsp3) is 0.385. The van der Waals surface area contributed by atoms with Crippen molar-refractivity contribution in [3.05, 3.63) is 23.3 Å². The van der Waals surface area contributed by atoms with Crippen molar-refractivity contribution in [1.82, 2.24) is 0 Å². The highest BCUT2D eigenvalue weighted by atomic mass is 16.5. The highest BCUT2D eigenvalue weighted by Crippen LogP contribution is 2.33. The number of methoxy groups -OCH3 is 3. The highest BCUT2D eigenvalue weighted by molar-refractivity contribution is 5.90. The first-order valence-electron chi connectivity index (χ1n) is 5.58. The molecule has 0 aliphatic heterocycles. The average Bonchev–Trinajstić information content (AvgIpc) is 2.42. The van der Waals surface area contributed by atoms with Gasteiger partial charge >= 0.3 is 11.9 Å². The van der Waals surface area contributed by atoms with Gasteiger partial charge < -0.3 is 19.3 Å². The molecule has 6 nitrogen and oxygen atoms in total. The fourth-order valence-corrected chi connectivity index (χ4v) is 1.71. The van der Waals surface area contributed by atoms with Crippen molar-refractivity contribution in [2.45, 2.75) is 12.8 Å². The van der Waals surface area contributed by atoms with Crippen molar-refractivity contribution in [3.8, 4) is 11.5 Å². The Morgan fingerprint density at radius 2 is 1.84 bits per heavy atom. The van der Waals surface area contributed by atoms with Crippen LogP contribution in [-0.4, -0.2) is 38.4 Å². The molecule has 0 spiro atoms. The van der Waals surface area contributed by atoms with Crippen molar-refractivity contribution >= 4 is 11.9 Å². The minimum atomic E-state index is -0.926. The third kappa shape index (κ3) is 3.61. The number of rotatable bonds is 6. The van der Waals surface area contributed by atoms with Gasteiger partial charge in [-0.3, -0.25) is 4.79 Å². The SMILES string of the molecule is COC(=O)c1cc(CCC(=O)O)c(OC)c(OC)c1. The van der Waals surface area contributed by atoms with Gasteiger partial charge in [-0.2, -0.15) is 0 Å². The van der Waals surface area contributed by atoms with Gasteiger partial charge in [0.05, 0.1) is 26.9 Å². The van der Waals surface area contributed by atoms with Crippen molar-refractivity contribution in [2.75, 3.05) is 21.3 Å². The molecule has 0 radical (unpaired) electrons. The van der Waals surface area contributed by atoms with E-state index < -0.39 is 11.9 Å². The Bertz CT molecular complexity index is 480. The number of ether oxygens (including phenoxy) is 3. The van der Waals surface area contributed by atoms with Gasteiger partial charge in [-0.25, -0.2) is 4.79 Å². The predicted octanol–water partition coefficient (Wildman–Crippen LogP) is 1.51. The zero-order valence-corrected chi connectivity index (χ0v) is 11.1. The lowest BCUT2D eigenvalue weighted by atomic mass is 10.0. The molecular formula is C13H16O6. The molecule has 0 saturated heterocycles. The fourth-order valence-electron chi connectivity index (χ4n) is 1.71. The second-order valence-corrected chi connectivity index (χ2v) is 3.76. The van der Waals surface area contributed by atoms with Gasteiger partial charge in [0, 0.05) is 6.42 Å². The van der Waals surface area contributed by atoms with Gasteiger partial charge in [0.25, 0.3) is 0 Å². The van der Waals surface area contributed by atoms with Gasteiger partial charge in [-0.15, -0.1) is 0 Å². The molecule has 104 valence electrons. The molecule has 0 atom stereocenters. The maximum absolute atomic E-state index is 11.5. The van der Waals surface area contributed by atoms with E-state index in [9.17, 15) is 9.59 Å². The highest BCUT2D eigenvalue weighted by Gasteiger charge is 2.17. The zero-order valence-electron chi connectivity index (χ0n) is 11.1. The molecule has 1 aromatic carbocycles. The van der Waals surface area contributed by atoms with Crippen LogP contribution in [0, 0.1) is 0 Å². The van der Waals surface area contributed by atoms with Gasteiger partial charge in [0.2, 0.25) is 0 Å². The summed E-state index contributed by atoms with van der Waals surface area (Å²) >= 11 is 0. The zero-order chi connectivity index (χ0) is 14.4. The number of carboxylic acids is 1. The van der Waals surface area contributed by atoms with Crippen molar-refractivity contribution in [3.63, 3.8) is 0 Å². The second-order valence-electron chi connectivity index (χ2n) is 3.76. The number of hydrogen-bond donors (Lipinski definition) is 1. The van der Waals surface area contributed by atoms with E-state index in [1.807, 2.05) is 0 Å². The Balaban J connectivity index is 3.22. The molecule has 1 aromatic rings. The number of esters is 1. The molecule has 1 rings (SSSR count). The van der Waals surface area contributed by atoms with Crippen LogP contribution < -0.4 is 9.47 Å². The maximum atomic E-state index is 11.5. The summed E-state index contributed by atoms with van der Waals surface area (Å²) in [7, 11) is 4.18. The molecule has 6 heteroatoms. The number of carboxylic acid groups (broad SMARTS) is 1. The Morgan fingerprint density at radius 1 is 1.16 bits per heavy atom. The van der Waals surface area contributed by atoms with E-state index in [1.165, 1.54) is 27.4 Å². The summed E-state index contributed by atoms with van der Waals surface area (Å²) in [4.78, 5) is 22.2. The molecule has 0 unspecified atom stereocenters. The number of benzene rings is 1. The van der Waals surface area contributed by atoms with Crippen LogP contribution in [0.15, 0.2) is 12.1 Å².